The third-order valence-electron chi connectivity index (χ3n) is 15.9. The standard InChI is InChI=1S/C47H78O14/c1-24(40(50)25(2)18-28(5)43(51)52)17-26(3)41-31(8)34(49)22-45(59-41)16-15-44(11,61-45)38-21-36(56-39-14-13-35(54-12)33(10)55-39)32(9)47(58-38)30(7)20-37(57-47)42-27(4)19-29(6)46(53,23-48)60-42/h17,25-39,41-42,48-49,53H,13-16,18-23H2,1-12H3,(H,51,52)/b24-17-/t25-,26+,27+,28+,29-,30+,31-,32-,33+,34+,35-,36+,37-,38-,39-,41-,42+,44+,45-,46+,47+/m1/s1. The molecule has 0 bridgehead atoms. The number of hydrogen-bond acceptors (Lipinski definition) is 13. The van der Waals surface area contributed by atoms with Gasteiger partial charge in [-0.15, -0.1) is 0 Å². The maximum Gasteiger partial charge on any atom is 0.306 e. The molecule has 14 heteroatoms. The summed E-state index contributed by atoms with van der Waals surface area (Å²) in [5.74, 6) is -7.01. The second-order valence-electron chi connectivity index (χ2n) is 20.6. The van der Waals surface area contributed by atoms with Crippen LogP contribution in [0.15, 0.2) is 11.6 Å². The molecular weight excluding hydrogens is 789 g/mol. The second-order valence-corrected chi connectivity index (χ2v) is 20.6. The van der Waals surface area contributed by atoms with Gasteiger partial charge in [0.2, 0.25) is 0 Å². The Morgan fingerprint density at radius 1 is 0.902 bits per heavy atom. The first-order valence-electron chi connectivity index (χ1n) is 23.2. The molecule has 6 aliphatic rings. The minimum Gasteiger partial charge on any atom is -0.481 e. The van der Waals surface area contributed by atoms with Gasteiger partial charge in [0.25, 0.3) is 0 Å². The van der Waals surface area contributed by atoms with Crippen LogP contribution in [0.25, 0.3) is 0 Å². The van der Waals surface area contributed by atoms with Crippen molar-refractivity contribution >= 4 is 11.8 Å². The molecule has 350 valence electrons. The Morgan fingerprint density at radius 3 is 2.25 bits per heavy atom. The Kier molecular flexibility index (Phi) is 15.0. The molecule has 14 nitrogen and oxygen atoms in total. The van der Waals surface area contributed by atoms with E-state index in [0.29, 0.717) is 44.1 Å². The van der Waals surface area contributed by atoms with Gasteiger partial charge in [0, 0.05) is 68.3 Å². The van der Waals surface area contributed by atoms with Crippen LogP contribution in [0.5, 0.6) is 0 Å². The normalized spacial score (nSPS) is 48.6. The van der Waals surface area contributed by atoms with Crippen molar-refractivity contribution in [3.05, 3.63) is 11.6 Å². The van der Waals surface area contributed by atoms with E-state index in [9.17, 15) is 30.0 Å². The highest BCUT2D eigenvalue weighted by atomic mass is 16.8. The fourth-order valence-corrected chi connectivity index (χ4v) is 11.8. The van der Waals surface area contributed by atoms with Gasteiger partial charge in [-0.2, -0.15) is 0 Å². The zero-order valence-electron chi connectivity index (χ0n) is 38.8. The number of aliphatic hydroxyl groups excluding tert-OH is 2. The van der Waals surface area contributed by atoms with Crippen molar-refractivity contribution < 1.29 is 67.9 Å². The number of carboxylic acids is 1. The van der Waals surface area contributed by atoms with Crippen LogP contribution >= 0.6 is 0 Å². The van der Waals surface area contributed by atoms with Gasteiger partial charge in [-0.1, -0.05) is 61.5 Å². The van der Waals surface area contributed by atoms with Crippen LogP contribution in [-0.4, -0.2) is 124 Å². The van der Waals surface area contributed by atoms with Crippen molar-refractivity contribution in [3.63, 3.8) is 0 Å². The van der Waals surface area contributed by atoms with Crippen molar-refractivity contribution in [1.29, 1.82) is 0 Å². The van der Waals surface area contributed by atoms with Gasteiger partial charge in [-0.3, -0.25) is 9.59 Å². The number of ether oxygens (including phenoxy) is 8. The number of allylic oxidation sites excluding steroid dienone is 1. The number of rotatable bonds is 13. The highest BCUT2D eigenvalue weighted by Crippen LogP contribution is 2.56. The van der Waals surface area contributed by atoms with E-state index in [2.05, 4.69) is 27.7 Å². The number of ketones is 1. The van der Waals surface area contributed by atoms with Gasteiger partial charge in [-0.05, 0) is 64.4 Å². The maximum atomic E-state index is 13.4. The zero-order chi connectivity index (χ0) is 45.0. The second kappa shape index (κ2) is 18.7. The lowest BCUT2D eigenvalue weighted by Gasteiger charge is -2.54. The molecule has 6 rings (SSSR count). The van der Waals surface area contributed by atoms with Gasteiger partial charge >= 0.3 is 5.97 Å². The molecule has 0 aromatic rings. The number of Topliss-reactive ketones (excluding diaryl/α,β-unsaturated/α-hetero) is 1. The fraction of sp³-hybridized carbons (Fsp3) is 0.915. The van der Waals surface area contributed by atoms with Crippen molar-refractivity contribution in [2.75, 3.05) is 13.7 Å². The molecule has 0 radical (unpaired) electrons. The summed E-state index contributed by atoms with van der Waals surface area (Å²) in [5, 5.41) is 42.5. The van der Waals surface area contributed by atoms with Crippen LogP contribution < -0.4 is 0 Å². The number of hydrogen-bond donors (Lipinski definition) is 4. The molecule has 0 aromatic carbocycles. The van der Waals surface area contributed by atoms with Gasteiger partial charge < -0.3 is 58.3 Å². The third-order valence-corrected chi connectivity index (χ3v) is 15.9. The first-order chi connectivity index (χ1) is 28.5. The summed E-state index contributed by atoms with van der Waals surface area (Å²) in [4.78, 5) is 24.8. The lowest BCUT2D eigenvalue weighted by atomic mass is 9.76. The van der Waals surface area contributed by atoms with Crippen LogP contribution in [0.2, 0.25) is 0 Å². The van der Waals surface area contributed by atoms with E-state index < -0.39 is 84.2 Å². The summed E-state index contributed by atoms with van der Waals surface area (Å²) in [6.45, 7) is 20.9. The van der Waals surface area contributed by atoms with E-state index in [1.165, 1.54) is 0 Å². The Labute approximate surface area is 363 Å². The molecule has 0 aliphatic carbocycles. The highest BCUT2D eigenvalue weighted by Gasteiger charge is 2.65. The van der Waals surface area contributed by atoms with E-state index in [4.69, 9.17) is 37.9 Å². The van der Waals surface area contributed by atoms with E-state index >= 15 is 0 Å². The van der Waals surface area contributed by atoms with Crippen LogP contribution in [0.4, 0.5) is 0 Å². The zero-order valence-corrected chi connectivity index (χ0v) is 38.8. The average Bonchev–Trinajstić information content (AvgIpc) is 3.71. The van der Waals surface area contributed by atoms with Crippen LogP contribution in [0.1, 0.15) is 134 Å². The van der Waals surface area contributed by atoms with E-state index in [-0.39, 0.29) is 72.4 Å². The Balaban J connectivity index is 1.24. The van der Waals surface area contributed by atoms with Crippen molar-refractivity contribution in [3.8, 4) is 0 Å². The number of methoxy groups -OCH3 is 1. The van der Waals surface area contributed by atoms with Crippen molar-refractivity contribution in [2.45, 2.75) is 212 Å². The van der Waals surface area contributed by atoms with Crippen molar-refractivity contribution in [2.24, 2.45) is 47.3 Å². The van der Waals surface area contributed by atoms with E-state index in [1.807, 2.05) is 33.8 Å². The van der Waals surface area contributed by atoms with Gasteiger partial charge in [0.05, 0.1) is 67.0 Å². The Hall–Kier alpha value is -1.56. The first-order valence-corrected chi connectivity index (χ1v) is 23.2. The third kappa shape index (κ3) is 9.71. The van der Waals surface area contributed by atoms with E-state index in [1.54, 1.807) is 27.9 Å². The summed E-state index contributed by atoms with van der Waals surface area (Å²) in [5.41, 5.74) is -0.326. The fourth-order valence-electron chi connectivity index (χ4n) is 11.8. The average molecular weight is 867 g/mol. The minimum absolute atomic E-state index is 0.0130. The number of aliphatic carboxylic acids is 1. The lowest BCUT2D eigenvalue weighted by molar-refractivity contribution is -0.390. The summed E-state index contributed by atoms with van der Waals surface area (Å²) in [6.07, 6.45) is 3.25. The smallest absolute Gasteiger partial charge is 0.306 e. The quantitative estimate of drug-likeness (QED) is 0.154. The van der Waals surface area contributed by atoms with Crippen LogP contribution in [-0.2, 0) is 47.5 Å². The molecule has 0 saturated carbocycles. The summed E-state index contributed by atoms with van der Waals surface area (Å²) < 4.78 is 53.9. The van der Waals surface area contributed by atoms with Crippen LogP contribution in [0.3, 0.4) is 0 Å². The molecule has 6 saturated heterocycles. The molecule has 4 N–H and O–H groups in total. The van der Waals surface area contributed by atoms with E-state index in [0.717, 1.165) is 6.42 Å². The monoisotopic (exact) mass is 867 g/mol. The number of aliphatic hydroxyl groups is 3. The lowest BCUT2D eigenvalue weighted by Crippen LogP contribution is -2.63. The summed E-state index contributed by atoms with van der Waals surface area (Å²) in [6, 6.07) is 0. The van der Waals surface area contributed by atoms with Gasteiger partial charge in [0.1, 0.15) is 0 Å². The van der Waals surface area contributed by atoms with Crippen molar-refractivity contribution in [1.82, 2.24) is 0 Å². The molecule has 6 aliphatic heterocycles. The molecular formula is C47H78O14. The molecule has 6 heterocycles. The van der Waals surface area contributed by atoms with Gasteiger partial charge in [-0.25, -0.2) is 0 Å². The predicted octanol–water partition coefficient (Wildman–Crippen LogP) is 6.15. The molecule has 2 spiro atoms. The Bertz CT molecular complexity index is 1570. The molecule has 0 amide bonds. The minimum atomic E-state index is -1.66. The Morgan fingerprint density at radius 2 is 1.61 bits per heavy atom. The molecule has 61 heavy (non-hydrogen) atoms. The first kappa shape index (κ1) is 48.9. The SMILES string of the molecule is CO[C@@H]1CC[C@@H](O[C@H]2C[C@H]([C@]3(C)CC[C@]4(C[C@H](O)[C@@H](C)[C@@H]([C@@H](C)/C=C(/C)C(=O)[C@H](C)C[C@H](C)C(=O)O)O4)O3)O[C@]3(O[C@@H]([C@H]4O[C@@](O)(CO)[C@H](C)C[C@@H]4C)C[C@@H]3C)[C@@H]2C)O[C@H]1C. The molecule has 6 fully saturated rings. The predicted molar refractivity (Wildman–Crippen MR) is 224 cm³/mol. The summed E-state index contributed by atoms with van der Waals surface area (Å²) in [7, 11) is 1.70. The highest BCUT2D eigenvalue weighted by molar-refractivity contribution is 5.96. The maximum absolute atomic E-state index is 13.4. The molecule has 0 unspecified atom stereocenters. The summed E-state index contributed by atoms with van der Waals surface area (Å²) >= 11 is 0. The topological polar surface area (TPSA) is 189 Å². The number of carbonyl (C=O) groups is 2. The molecule has 21 atom stereocenters. The number of carboxylic acid groups (broad SMARTS) is 1. The van der Waals surface area contributed by atoms with Gasteiger partial charge in [0.15, 0.2) is 29.4 Å². The largest absolute Gasteiger partial charge is 0.481 e. The van der Waals surface area contributed by atoms with Crippen LogP contribution in [0, 0.1) is 47.3 Å². The molecule has 0 aromatic heterocycles. The number of carbonyl (C=O) groups excluding carboxylic acids is 1.